The van der Waals surface area contributed by atoms with Crippen molar-refractivity contribution >= 4 is 46.2 Å². The van der Waals surface area contributed by atoms with Crippen molar-refractivity contribution in [2.75, 3.05) is 26.2 Å². The Labute approximate surface area is 203 Å². The molecular weight excluding hydrogens is 476 g/mol. The second-order valence-electron chi connectivity index (χ2n) is 7.58. The van der Waals surface area contributed by atoms with Crippen molar-refractivity contribution in [3.05, 3.63) is 59.2 Å². The van der Waals surface area contributed by atoms with Gasteiger partial charge in [0.25, 0.3) is 5.91 Å². The van der Waals surface area contributed by atoms with E-state index >= 15 is 0 Å². The van der Waals surface area contributed by atoms with E-state index < -0.39 is 0 Å². The number of thioether (sulfide) groups is 1. The molecule has 1 aliphatic rings. The summed E-state index contributed by atoms with van der Waals surface area (Å²) in [6.45, 7) is 3.92. The van der Waals surface area contributed by atoms with E-state index in [4.69, 9.17) is 9.40 Å². The Kier molecular flexibility index (Phi) is 6.39. The van der Waals surface area contributed by atoms with Crippen LogP contribution in [-0.4, -0.2) is 63.0 Å². The lowest BCUT2D eigenvalue weighted by Crippen LogP contribution is -2.52. The molecule has 170 valence electrons. The molecule has 0 aromatic carbocycles. The highest BCUT2D eigenvalue weighted by Crippen LogP contribution is 2.37. The van der Waals surface area contributed by atoms with Gasteiger partial charge in [-0.2, -0.15) is 0 Å². The fourth-order valence-corrected chi connectivity index (χ4v) is 6.10. The number of piperazine rings is 1. The summed E-state index contributed by atoms with van der Waals surface area (Å²) >= 11 is 4.74. The summed E-state index contributed by atoms with van der Waals surface area (Å²) in [6, 6.07) is 11.5. The number of carbonyl (C=O) groups is 2. The standard InChI is InChI=1S/C23H22N4O3S3/c1-15(21(28)26-8-10-27(11-9-26)22(29)16-5-2-12-30-16)33-23-24-19(17-6-3-13-31-17)20(25-23)18-7-4-14-32-18/h2-7,12-15H,8-11H2,1H3,(H,24,25). The molecule has 4 aromatic heterocycles. The molecule has 0 spiro atoms. The first-order chi connectivity index (χ1) is 16.1. The Morgan fingerprint density at radius 1 is 1.03 bits per heavy atom. The summed E-state index contributed by atoms with van der Waals surface area (Å²) in [6.07, 6.45) is 1.49. The molecule has 1 N–H and O–H groups in total. The van der Waals surface area contributed by atoms with Crippen LogP contribution in [0.1, 0.15) is 17.5 Å². The van der Waals surface area contributed by atoms with Gasteiger partial charge in [-0.05, 0) is 41.9 Å². The number of hydrogen-bond donors (Lipinski definition) is 1. The van der Waals surface area contributed by atoms with Crippen LogP contribution in [-0.2, 0) is 4.79 Å². The Balaban J connectivity index is 1.25. The lowest BCUT2D eigenvalue weighted by atomic mass is 10.2. The number of nitrogens with one attached hydrogen (secondary N) is 1. The monoisotopic (exact) mass is 498 g/mol. The summed E-state index contributed by atoms with van der Waals surface area (Å²) in [4.78, 5) is 39.6. The number of aromatic amines is 1. The first-order valence-corrected chi connectivity index (χ1v) is 13.2. The average Bonchev–Trinajstić information content (AvgIpc) is 3.64. The minimum absolute atomic E-state index is 0.0526. The number of amides is 2. The topological polar surface area (TPSA) is 82.4 Å². The molecule has 1 aliphatic heterocycles. The molecule has 0 aliphatic carbocycles. The van der Waals surface area contributed by atoms with E-state index in [9.17, 15) is 9.59 Å². The maximum atomic E-state index is 13.1. The van der Waals surface area contributed by atoms with Gasteiger partial charge in [-0.3, -0.25) is 9.59 Å². The highest BCUT2D eigenvalue weighted by molar-refractivity contribution is 8.00. The third kappa shape index (κ3) is 4.64. The second kappa shape index (κ2) is 9.58. The van der Waals surface area contributed by atoms with Gasteiger partial charge in [0.1, 0.15) is 5.69 Å². The zero-order valence-electron chi connectivity index (χ0n) is 17.9. The Hall–Kier alpha value is -2.82. The van der Waals surface area contributed by atoms with Gasteiger partial charge >= 0.3 is 0 Å². The number of imidazole rings is 1. The molecule has 2 amide bonds. The molecule has 0 radical (unpaired) electrons. The molecule has 0 bridgehead atoms. The average molecular weight is 499 g/mol. The van der Waals surface area contributed by atoms with Crippen LogP contribution in [0.5, 0.6) is 0 Å². The third-order valence-electron chi connectivity index (χ3n) is 5.45. The summed E-state index contributed by atoms with van der Waals surface area (Å²) in [7, 11) is 0. The van der Waals surface area contributed by atoms with Gasteiger partial charge in [-0.1, -0.05) is 23.9 Å². The lowest BCUT2D eigenvalue weighted by Gasteiger charge is -2.35. The Bertz CT molecular complexity index is 1160. The van der Waals surface area contributed by atoms with Crippen molar-refractivity contribution in [2.24, 2.45) is 0 Å². The minimum Gasteiger partial charge on any atom is -0.459 e. The predicted octanol–water partition coefficient (Wildman–Crippen LogP) is 4.92. The van der Waals surface area contributed by atoms with Crippen molar-refractivity contribution in [2.45, 2.75) is 17.3 Å². The number of furan rings is 1. The van der Waals surface area contributed by atoms with Crippen molar-refractivity contribution in [3.8, 4) is 21.1 Å². The van der Waals surface area contributed by atoms with Crippen LogP contribution in [0.2, 0.25) is 0 Å². The van der Waals surface area contributed by atoms with Gasteiger partial charge in [-0.25, -0.2) is 4.98 Å². The van der Waals surface area contributed by atoms with Crippen LogP contribution < -0.4 is 0 Å². The first kappa shape index (κ1) is 22.0. The Morgan fingerprint density at radius 3 is 2.36 bits per heavy atom. The maximum Gasteiger partial charge on any atom is 0.289 e. The van der Waals surface area contributed by atoms with Crippen LogP contribution >= 0.6 is 34.4 Å². The summed E-state index contributed by atoms with van der Waals surface area (Å²) < 4.78 is 5.21. The molecule has 5 heterocycles. The lowest BCUT2D eigenvalue weighted by molar-refractivity contribution is -0.131. The smallest absolute Gasteiger partial charge is 0.289 e. The van der Waals surface area contributed by atoms with Crippen LogP contribution in [0.4, 0.5) is 0 Å². The van der Waals surface area contributed by atoms with Crippen molar-refractivity contribution < 1.29 is 14.0 Å². The molecule has 1 saturated heterocycles. The van der Waals surface area contributed by atoms with E-state index in [1.54, 1.807) is 39.7 Å². The third-order valence-corrected chi connectivity index (χ3v) is 8.19. The molecular formula is C23H22N4O3S3. The van der Waals surface area contributed by atoms with Gasteiger partial charge in [0.15, 0.2) is 10.9 Å². The number of nitrogens with zero attached hydrogens (tertiary/aromatic N) is 3. The summed E-state index contributed by atoms with van der Waals surface area (Å²) in [5.41, 5.74) is 1.90. The molecule has 1 unspecified atom stereocenters. The normalized spacial score (nSPS) is 15.1. The quantitative estimate of drug-likeness (QED) is 0.382. The van der Waals surface area contributed by atoms with Gasteiger partial charge < -0.3 is 19.2 Å². The van der Waals surface area contributed by atoms with Crippen LogP contribution in [0, 0.1) is 0 Å². The molecule has 10 heteroatoms. The number of rotatable bonds is 6. The van der Waals surface area contributed by atoms with Crippen LogP contribution in [0.3, 0.4) is 0 Å². The number of aromatic nitrogens is 2. The largest absolute Gasteiger partial charge is 0.459 e. The Morgan fingerprint density at radius 2 is 1.73 bits per heavy atom. The molecule has 1 fully saturated rings. The minimum atomic E-state index is -0.296. The van der Waals surface area contributed by atoms with Crippen LogP contribution in [0.15, 0.2) is 63.0 Å². The number of H-pyrrole nitrogens is 1. The number of hydrogen-bond acceptors (Lipinski definition) is 7. The second-order valence-corrected chi connectivity index (χ2v) is 10.8. The molecule has 7 nitrogen and oxygen atoms in total. The van der Waals surface area contributed by atoms with Gasteiger partial charge in [-0.15, -0.1) is 22.7 Å². The summed E-state index contributed by atoms with van der Waals surface area (Å²) in [5, 5.41) is 4.52. The number of carbonyl (C=O) groups excluding carboxylic acids is 2. The molecule has 5 rings (SSSR count). The van der Waals surface area contributed by atoms with E-state index in [1.165, 1.54) is 18.0 Å². The summed E-state index contributed by atoms with van der Waals surface area (Å²) in [5.74, 6) is 0.253. The highest BCUT2D eigenvalue weighted by atomic mass is 32.2. The predicted molar refractivity (Wildman–Crippen MR) is 132 cm³/mol. The van der Waals surface area contributed by atoms with E-state index in [-0.39, 0.29) is 17.1 Å². The van der Waals surface area contributed by atoms with Gasteiger partial charge in [0.05, 0.1) is 27.0 Å². The molecule has 0 saturated carbocycles. The van der Waals surface area contributed by atoms with E-state index in [0.717, 1.165) is 26.3 Å². The van der Waals surface area contributed by atoms with Crippen molar-refractivity contribution in [3.63, 3.8) is 0 Å². The fourth-order valence-electron chi connectivity index (χ4n) is 3.76. The zero-order valence-corrected chi connectivity index (χ0v) is 20.3. The molecule has 33 heavy (non-hydrogen) atoms. The van der Waals surface area contributed by atoms with E-state index in [2.05, 4.69) is 17.1 Å². The SMILES string of the molecule is CC(Sc1nc(-c2cccs2)c(-c2cccs2)[nH]1)C(=O)N1CCN(C(=O)c2ccco2)CC1. The maximum absolute atomic E-state index is 13.1. The van der Waals surface area contributed by atoms with Gasteiger partial charge in [0, 0.05) is 26.2 Å². The molecule has 4 aromatic rings. The van der Waals surface area contributed by atoms with Gasteiger partial charge in [0.2, 0.25) is 5.91 Å². The van der Waals surface area contributed by atoms with E-state index in [0.29, 0.717) is 31.9 Å². The molecule has 1 atom stereocenters. The van der Waals surface area contributed by atoms with Crippen molar-refractivity contribution in [1.82, 2.24) is 19.8 Å². The van der Waals surface area contributed by atoms with Crippen molar-refractivity contribution in [1.29, 1.82) is 0 Å². The van der Waals surface area contributed by atoms with Crippen LogP contribution in [0.25, 0.3) is 21.1 Å². The first-order valence-electron chi connectivity index (χ1n) is 10.6. The zero-order chi connectivity index (χ0) is 22.8. The highest BCUT2D eigenvalue weighted by Gasteiger charge is 2.29. The number of thiophene rings is 2. The van der Waals surface area contributed by atoms with E-state index in [1.807, 2.05) is 34.7 Å². The fraction of sp³-hybridized carbons (Fsp3) is 0.261.